The lowest BCUT2D eigenvalue weighted by atomic mass is 10.2. The van der Waals surface area contributed by atoms with Gasteiger partial charge in [0.05, 0.1) is 12.3 Å². The summed E-state index contributed by atoms with van der Waals surface area (Å²) >= 11 is 5.89. The van der Waals surface area contributed by atoms with Gasteiger partial charge in [0.25, 0.3) is 0 Å². The number of benzene rings is 2. The van der Waals surface area contributed by atoms with Gasteiger partial charge in [-0.2, -0.15) is 0 Å². The summed E-state index contributed by atoms with van der Waals surface area (Å²) in [4.78, 5) is 27.6. The normalized spacial score (nSPS) is 13.7. The molecule has 9 heteroatoms. The van der Waals surface area contributed by atoms with E-state index < -0.39 is 0 Å². The molecule has 3 amide bonds. The highest BCUT2D eigenvalue weighted by molar-refractivity contribution is 6.30. The van der Waals surface area contributed by atoms with Crippen LogP contribution in [0.15, 0.2) is 42.5 Å². The fourth-order valence-electron chi connectivity index (χ4n) is 2.84. The summed E-state index contributed by atoms with van der Waals surface area (Å²) in [6, 6.07) is 10.9. The molecule has 2 aromatic carbocycles. The first-order valence-corrected chi connectivity index (χ1v) is 9.58. The zero-order valence-electron chi connectivity index (χ0n) is 15.9. The fourth-order valence-corrected chi connectivity index (χ4v) is 2.96. The Hall–Kier alpha value is -3.13. The van der Waals surface area contributed by atoms with Crippen LogP contribution in [0.5, 0.6) is 17.2 Å². The van der Waals surface area contributed by atoms with Crippen molar-refractivity contribution in [2.45, 2.75) is 6.92 Å². The topological polar surface area (TPSA) is 91.3 Å². The molecule has 1 heterocycles. The summed E-state index contributed by atoms with van der Waals surface area (Å²) in [5, 5.41) is 13.2. The van der Waals surface area contributed by atoms with E-state index in [2.05, 4.69) is 5.32 Å². The molecule has 0 radical (unpaired) electrons. The Labute approximate surface area is 173 Å². The molecule has 0 bridgehead atoms. The van der Waals surface area contributed by atoms with E-state index in [1.54, 1.807) is 47.1 Å². The molecule has 0 atom stereocenters. The van der Waals surface area contributed by atoms with Gasteiger partial charge >= 0.3 is 12.1 Å². The molecule has 0 unspecified atom stereocenters. The van der Waals surface area contributed by atoms with Crippen LogP contribution in [-0.4, -0.2) is 59.8 Å². The van der Waals surface area contributed by atoms with E-state index in [0.29, 0.717) is 55.0 Å². The molecule has 2 aromatic rings. The van der Waals surface area contributed by atoms with E-state index in [1.807, 2.05) is 0 Å². The third-order valence-electron chi connectivity index (χ3n) is 4.34. The quantitative estimate of drug-likeness (QED) is 0.777. The van der Waals surface area contributed by atoms with Crippen LogP contribution in [0.2, 0.25) is 5.02 Å². The maximum atomic E-state index is 12.7. The molecular weight excluding hydrogens is 398 g/mol. The molecule has 3 rings (SSSR count). The lowest BCUT2D eigenvalue weighted by molar-refractivity contribution is 0.0868. The van der Waals surface area contributed by atoms with Crippen molar-refractivity contribution in [1.82, 2.24) is 9.80 Å². The Morgan fingerprint density at radius 1 is 1.07 bits per heavy atom. The summed E-state index contributed by atoms with van der Waals surface area (Å²) in [6.45, 7) is 3.59. The summed E-state index contributed by atoms with van der Waals surface area (Å²) < 4.78 is 10.8. The summed E-state index contributed by atoms with van der Waals surface area (Å²) in [5.41, 5.74) is 0.331. The van der Waals surface area contributed by atoms with Crippen LogP contribution in [0.25, 0.3) is 0 Å². The molecule has 0 saturated carbocycles. The van der Waals surface area contributed by atoms with Crippen LogP contribution in [0.3, 0.4) is 0 Å². The van der Waals surface area contributed by atoms with Crippen LogP contribution >= 0.6 is 11.6 Å². The van der Waals surface area contributed by atoms with Crippen LogP contribution in [0.1, 0.15) is 6.92 Å². The average Bonchev–Trinajstić information content (AvgIpc) is 2.72. The van der Waals surface area contributed by atoms with Gasteiger partial charge < -0.3 is 29.7 Å². The number of rotatable bonds is 4. The van der Waals surface area contributed by atoms with Gasteiger partial charge in [-0.25, -0.2) is 9.59 Å². The number of nitrogens with one attached hydrogen (secondary N) is 1. The Bertz CT molecular complexity index is 867. The summed E-state index contributed by atoms with van der Waals surface area (Å²) in [5.74, 6) is 0.915. The number of aromatic hydroxyl groups is 1. The van der Waals surface area contributed by atoms with Gasteiger partial charge in [0, 0.05) is 37.3 Å². The molecule has 1 aliphatic rings. The highest BCUT2D eigenvalue weighted by Gasteiger charge is 2.25. The number of carbonyl (C=O) groups is 2. The lowest BCUT2D eigenvalue weighted by Gasteiger charge is -2.34. The molecule has 8 nitrogen and oxygen atoms in total. The number of amides is 3. The Morgan fingerprint density at radius 3 is 2.38 bits per heavy atom. The van der Waals surface area contributed by atoms with Gasteiger partial charge in [0.1, 0.15) is 11.5 Å². The van der Waals surface area contributed by atoms with E-state index >= 15 is 0 Å². The minimum atomic E-state index is -0.376. The SMILES string of the molecule is CCOC(=O)N1CCN(C(=O)Nc2cc(O)ccc2Oc2ccc(Cl)cc2)CC1. The first kappa shape index (κ1) is 20.6. The van der Waals surface area contributed by atoms with Crippen molar-refractivity contribution in [1.29, 1.82) is 0 Å². The molecule has 1 saturated heterocycles. The number of piperazine rings is 1. The molecule has 154 valence electrons. The van der Waals surface area contributed by atoms with Gasteiger partial charge in [-0.15, -0.1) is 0 Å². The molecular formula is C20H22ClN3O5. The zero-order valence-corrected chi connectivity index (χ0v) is 16.7. The van der Waals surface area contributed by atoms with Crippen molar-refractivity contribution >= 4 is 29.4 Å². The average molecular weight is 420 g/mol. The largest absolute Gasteiger partial charge is 0.508 e. The minimum Gasteiger partial charge on any atom is -0.508 e. The number of hydrogen-bond donors (Lipinski definition) is 2. The minimum absolute atomic E-state index is 0.00381. The second-order valence-electron chi connectivity index (χ2n) is 6.34. The van der Waals surface area contributed by atoms with Gasteiger partial charge in [-0.3, -0.25) is 0 Å². The zero-order chi connectivity index (χ0) is 20.8. The van der Waals surface area contributed by atoms with Gasteiger partial charge in [-0.1, -0.05) is 11.6 Å². The monoisotopic (exact) mass is 419 g/mol. The predicted molar refractivity (Wildman–Crippen MR) is 109 cm³/mol. The smallest absolute Gasteiger partial charge is 0.409 e. The Kier molecular flexibility index (Phi) is 6.66. The Morgan fingerprint density at radius 2 is 1.72 bits per heavy atom. The third kappa shape index (κ3) is 5.45. The predicted octanol–water partition coefficient (Wildman–Crippen LogP) is 4.14. The number of phenolic OH excluding ortho intramolecular Hbond substituents is 1. The maximum absolute atomic E-state index is 12.7. The number of hydrogen-bond acceptors (Lipinski definition) is 5. The second kappa shape index (κ2) is 9.38. The van der Waals surface area contributed by atoms with E-state index in [9.17, 15) is 14.7 Å². The van der Waals surface area contributed by atoms with Gasteiger partial charge in [0.15, 0.2) is 5.75 Å². The van der Waals surface area contributed by atoms with E-state index in [-0.39, 0.29) is 17.9 Å². The number of anilines is 1. The number of phenols is 1. The van der Waals surface area contributed by atoms with Crippen molar-refractivity contribution in [2.75, 3.05) is 38.1 Å². The maximum Gasteiger partial charge on any atom is 0.409 e. The van der Waals surface area contributed by atoms with Crippen LogP contribution in [-0.2, 0) is 4.74 Å². The fraction of sp³-hybridized carbons (Fsp3) is 0.300. The van der Waals surface area contributed by atoms with Gasteiger partial charge in [0.2, 0.25) is 0 Å². The van der Waals surface area contributed by atoms with Crippen molar-refractivity contribution in [3.63, 3.8) is 0 Å². The number of carbonyl (C=O) groups excluding carboxylic acids is 2. The number of ether oxygens (including phenoxy) is 2. The van der Waals surface area contributed by atoms with Crippen LogP contribution < -0.4 is 10.1 Å². The number of halogens is 1. The number of urea groups is 1. The molecule has 0 aliphatic carbocycles. The molecule has 1 aliphatic heterocycles. The summed E-state index contributed by atoms with van der Waals surface area (Å²) in [6.07, 6.45) is -0.376. The van der Waals surface area contributed by atoms with E-state index in [1.165, 1.54) is 12.1 Å². The van der Waals surface area contributed by atoms with Crippen LogP contribution in [0, 0.1) is 0 Å². The Balaban J connectivity index is 1.65. The van der Waals surface area contributed by atoms with Gasteiger partial charge in [-0.05, 0) is 43.3 Å². The molecule has 0 spiro atoms. The second-order valence-corrected chi connectivity index (χ2v) is 6.78. The third-order valence-corrected chi connectivity index (χ3v) is 4.59. The van der Waals surface area contributed by atoms with E-state index in [4.69, 9.17) is 21.1 Å². The first-order valence-electron chi connectivity index (χ1n) is 9.20. The van der Waals surface area contributed by atoms with Crippen molar-refractivity contribution in [3.8, 4) is 17.2 Å². The van der Waals surface area contributed by atoms with Crippen LogP contribution in [0.4, 0.5) is 15.3 Å². The number of nitrogens with zero attached hydrogens (tertiary/aromatic N) is 2. The first-order chi connectivity index (χ1) is 14.0. The summed E-state index contributed by atoms with van der Waals surface area (Å²) in [7, 11) is 0. The van der Waals surface area contributed by atoms with E-state index in [0.717, 1.165) is 0 Å². The standard InChI is InChI=1S/C20H22ClN3O5/c1-2-28-20(27)24-11-9-23(10-12-24)19(26)22-17-13-15(25)5-8-18(17)29-16-6-3-14(21)4-7-16/h3-8,13,25H,2,9-12H2,1H3,(H,22,26). The van der Waals surface area contributed by atoms with Crippen molar-refractivity contribution in [3.05, 3.63) is 47.5 Å². The molecule has 0 aromatic heterocycles. The molecule has 2 N–H and O–H groups in total. The highest BCUT2D eigenvalue weighted by Crippen LogP contribution is 2.33. The van der Waals surface area contributed by atoms with Crippen molar-refractivity contribution in [2.24, 2.45) is 0 Å². The molecule has 29 heavy (non-hydrogen) atoms. The lowest BCUT2D eigenvalue weighted by Crippen LogP contribution is -2.51. The highest BCUT2D eigenvalue weighted by atomic mass is 35.5. The molecule has 1 fully saturated rings. The van der Waals surface area contributed by atoms with Crippen molar-refractivity contribution < 1.29 is 24.2 Å².